The maximum absolute atomic E-state index is 6.15. The summed E-state index contributed by atoms with van der Waals surface area (Å²) in [4.78, 5) is 0. The predicted octanol–water partition coefficient (Wildman–Crippen LogP) is 3.48. The average molecular weight is 236 g/mol. The van der Waals surface area contributed by atoms with Crippen LogP contribution in [-0.2, 0) is 6.42 Å². The van der Waals surface area contributed by atoms with Crippen molar-refractivity contribution in [1.82, 2.24) is 0 Å². The van der Waals surface area contributed by atoms with Gasteiger partial charge in [0, 0.05) is 11.1 Å². The SMILES string of the molecule is Cc1cc(Cl)ccc1C(N)Cc1ccoc1. The van der Waals surface area contributed by atoms with Gasteiger partial charge in [0.25, 0.3) is 0 Å². The zero-order valence-corrected chi connectivity index (χ0v) is 9.87. The lowest BCUT2D eigenvalue weighted by molar-refractivity contribution is 0.561. The highest BCUT2D eigenvalue weighted by Crippen LogP contribution is 2.22. The van der Waals surface area contributed by atoms with E-state index in [1.54, 1.807) is 12.5 Å². The van der Waals surface area contributed by atoms with Gasteiger partial charge in [-0.25, -0.2) is 0 Å². The summed E-state index contributed by atoms with van der Waals surface area (Å²) in [5.41, 5.74) is 9.52. The van der Waals surface area contributed by atoms with Crippen LogP contribution in [0.25, 0.3) is 0 Å². The van der Waals surface area contributed by atoms with E-state index in [2.05, 4.69) is 0 Å². The molecule has 0 saturated heterocycles. The molecule has 3 heteroatoms. The number of nitrogens with two attached hydrogens (primary N) is 1. The Labute approximate surface area is 100 Å². The summed E-state index contributed by atoms with van der Waals surface area (Å²) in [5.74, 6) is 0. The number of hydrogen-bond donors (Lipinski definition) is 1. The Kier molecular flexibility index (Phi) is 3.32. The quantitative estimate of drug-likeness (QED) is 0.885. The Morgan fingerprint density at radius 3 is 2.81 bits per heavy atom. The molecule has 2 nitrogen and oxygen atoms in total. The second-order valence-corrected chi connectivity index (χ2v) is 4.38. The van der Waals surface area contributed by atoms with E-state index >= 15 is 0 Å². The molecular weight excluding hydrogens is 222 g/mol. The minimum Gasteiger partial charge on any atom is -0.472 e. The van der Waals surface area contributed by atoms with Crippen LogP contribution in [0, 0.1) is 6.92 Å². The van der Waals surface area contributed by atoms with Crippen molar-refractivity contribution in [2.24, 2.45) is 5.73 Å². The van der Waals surface area contributed by atoms with Gasteiger partial charge in [-0.05, 0) is 48.2 Å². The van der Waals surface area contributed by atoms with Crippen LogP contribution in [0.4, 0.5) is 0 Å². The molecule has 0 spiro atoms. The molecule has 0 saturated carbocycles. The predicted molar refractivity (Wildman–Crippen MR) is 65.5 cm³/mol. The van der Waals surface area contributed by atoms with Crippen molar-refractivity contribution in [1.29, 1.82) is 0 Å². The van der Waals surface area contributed by atoms with E-state index in [1.807, 2.05) is 31.2 Å². The van der Waals surface area contributed by atoms with Crippen LogP contribution in [0.1, 0.15) is 22.7 Å². The first kappa shape index (κ1) is 11.2. The Hall–Kier alpha value is -1.25. The monoisotopic (exact) mass is 235 g/mol. The highest BCUT2D eigenvalue weighted by molar-refractivity contribution is 6.30. The molecule has 1 atom stereocenters. The molecule has 84 valence electrons. The number of aryl methyl sites for hydroxylation is 1. The lowest BCUT2D eigenvalue weighted by atomic mass is 9.97. The Bertz CT molecular complexity index is 465. The zero-order valence-electron chi connectivity index (χ0n) is 9.11. The van der Waals surface area contributed by atoms with Crippen LogP contribution < -0.4 is 5.73 Å². The second kappa shape index (κ2) is 4.73. The van der Waals surface area contributed by atoms with Crippen LogP contribution >= 0.6 is 11.6 Å². The number of furan rings is 1. The largest absolute Gasteiger partial charge is 0.472 e. The van der Waals surface area contributed by atoms with E-state index in [0.29, 0.717) is 0 Å². The van der Waals surface area contributed by atoms with E-state index < -0.39 is 0 Å². The molecule has 0 aliphatic heterocycles. The third-order valence-electron chi connectivity index (χ3n) is 2.67. The van der Waals surface area contributed by atoms with Gasteiger partial charge >= 0.3 is 0 Å². The van der Waals surface area contributed by atoms with Crippen LogP contribution in [0.3, 0.4) is 0 Å². The fourth-order valence-corrected chi connectivity index (χ4v) is 2.05. The summed E-state index contributed by atoms with van der Waals surface area (Å²) in [5, 5.41) is 0.747. The molecule has 0 bridgehead atoms. The van der Waals surface area contributed by atoms with E-state index in [-0.39, 0.29) is 6.04 Å². The molecule has 1 aromatic carbocycles. The van der Waals surface area contributed by atoms with Crippen LogP contribution in [-0.4, -0.2) is 0 Å². The second-order valence-electron chi connectivity index (χ2n) is 3.94. The van der Waals surface area contributed by atoms with Gasteiger partial charge in [0.2, 0.25) is 0 Å². The average Bonchev–Trinajstić information content (AvgIpc) is 2.70. The van der Waals surface area contributed by atoms with Crippen molar-refractivity contribution in [3.05, 3.63) is 58.5 Å². The van der Waals surface area contributed by atoms with Crippen molar-refractivity contribution in [2.75, 3.05) is 0 Å². The summed E-state index contributed by atoms with van der Waals surface area (Å²) < 4.78 is 5.02. The fraction of sp³-hybridized carbons (Fsp3) is 0.231. The Balaban J connectivity index is 2.17. The lowest BCUT2D eigenvalue weighted by Crippen LogP contribution is -2.14. The highest BCUT2D eigenvalue weighted by Gasteiger charge is 2.10. The Morgan fingerprint density at radius 2 is 2.19 bits per heavy atom. The molecule has 0 fully saturated rings. The van der Waals surface area contributed by atoms with Gasteiger partial charge in [-0.2, -0.15) is 0 Å². The number of rotatable bonds is 3. The summed E-state index contributed by atoms with van der Waals surface area (Å²) in [7, 11) is 0. The molecule has 0 amide bonds. The highest BCUT2D eigenvalue weighted by atomic mass is 35.5. The number of halogens is 1. The fourth-order valence-electron chi connectivity index (χ4n) is 1.83. The maximum atomic E-state index is 6.15. The molecule has 2 rings (SSSR count). The van der Waals surface area contributed by atoms with E-state index in [1.165, 1.54) is 0 Å². The third-order valence-corrected chi connectivity index (χ3v) is 2.90. The molecule has 1 heterocycles. The van der Waals surface area contributed by atoms with Gasteiger partial charge in [0.1, 0.15) is 0 Å². The summed E-state index contributed by atoms with van der Waals surface area (Å²) in [6.45, 7) is 2.02. The molecular formula is C13H14ClNO. The van der Waals surface area contributed by atoms with Gasteiger partial charge in [-0.15, -0.1) is 0 Å². The molecule has 1 aromatic heterocycles. The smallest absolute Gasteiger partial charge is 0.0935 e. The molecule has 0 radical (unpaired) electrons. The molecule has 0 aliphatic carbocycles. The zero-order chi connectivity index (χ0) is 11.5. The van der Waals surface area contributed by atoms with E-state index in [4.69, 9.17) is 21.8 Å². The third kappa shape index (κ3) is 2.46. The maximum Gasteiger partial charge on any atom is 0.0935 e. The van der Waals surface area contributed by atoms with Crippen molar-refractivity contribution in [3.8, 4) is 0 Å². The topological polar surface area (TPSA) is 39.2 Å². The molecule has 2 N–H and O–H groups in total. The van der Waals surface area contributed by atoms with Gasteiger partial charge in [-0.1, -0.05) is 17.7 Å². The normalized spacial score (nSPS) is 12.7. The first-order valence-electron chi connectivity index (χ1n) is 5.19. The molecule has 0 aliphatic rings. The van der Waals surface area contributed by atoms with Gasteiger partial charge in [-0.3, -0.25) is 0 Å². The minimum atomic E-state index is -0.0186. The number of hydrogen-bond acceptors (Lipinski definition) is 2. The van der Waals surface area contributed by atoms with Crippen molar-refractivity contribution >= 4 is 11.6 Å². The van der Waals surface area contributed by atoms with Crippen LogP contribution in [0.5, 0.6) is 0 Å². The van der Waals surface area contributed by atoms with Gasteiger partial charge in [0.15, 0.2) is 0 Å². The first-order chi connectivity index (χ1) is 7.66. The standard InChI is InChI=1S/C13H14ClNO/c1-9-6-11(14)2-3-12(9)13(15)7-10-4-5-16-8-10/h2-6,8,13H,7,15H2,1H3. The van der Waals surface area contributed by atoms with Gasteiger partial charge in [0.05, 0.1) is 12.5 Å². The minimum absolute atomic E-state index is 0.0186. The summed E-state index contributed by atoms with van der Waals surface area (Å²) in [6.07, 6.45) is 4.17. The number of benzene rings is 1. The lowest BCUT2D eigenvalue weighted by Gasteiger charge is -2.14. The van der Waals surface area contributed by atoms with Crippen LogP contribution in [0.15, 0.2) is 41.2 Å². The van der Waals surface area contributed by atoms with Crippen molar-refractivity contribution in [3.63, 3.8) is 0 Å². The van der Waals surface area contributed by atoms with Crippen molar-refractivity contribution < 1.29 is 4.42 Å². The summed E-state index contributed by atoms with van der Waals surface area (Å²) in [6, 6.07) is 7.72. The molecule has 1 unspecified atom stereocenters. The van der Waals surface area contributed by atoms with Crippen LogP contribution in [0.2, 0.25) is 5.02 Å². The molecule has 16 heavy (non-hydrogen) atoms. The van der Waals surface area contributed by atoms with Crippen molar-refractivity contribution in [2.45, 2.75) is 19.4 Å². The van der Waals surface area contributed by atoms with Gasteiger partial charge < -0.3 is 10.2 Å². The Morgan fingerprint density at radius 1 is 1.38 bits per heavy atom. The van der Waals surface area contributed by atoms with E-state index in [9.17, 15) is 0 Å². The molecule has 2 aromatic rings. The first-order valence-corrected chi connectivity index (χ1v) is 5.57. The summed E-state index contributed by atoms with van der Waals surface area (Å²) >= 11 is 5.91. The van der Waals surface area contributed by atoms with E-state index in [0.717, 1.165) is 28.1 Å².